The van der Waals surface area contributed by atoms with Crippen LogP contribution in [0.4, 0.5) is 0 Å². The minimum Gasteiger partial charge on any atom is -0.489 e. The van der Waals surface area contributed by atoms with E-state index < -0.39 is 23.7 Å². The van der Waals surface area contributed by atoms with Crippen LogP contribution in [0.5, 0.6) is 5.75 Å². The minimum atomic E-state index is -1.06. The molecule has 3 aromatic carbocycles. The van der Waals surface area contributed by atoms with E-state index in [0.717, 1.165) is 5.56 Å². The maximum absolute atomic E-state index is 13.3. The maximum Gasteiger partial charge on any atom is 0.307 e. The van der Waals surface area contributed by atoms with Gasteiger partial charge >= 0.3 is 5.97 Å². The van der Waals surface area contributed by atoms with E-state index >= 15 is 0 Å². The molecule has 3 atom stereocenters. The first kappa shape index (κ1) is 25.9. The van der Waals surface area contributed by atoms with Gasteiger partial charge in [-0.1, -0.05) is 46.6 Å². The number of carbonyl (C=O) groups is 2. The van der Waals surface area contributed by atoms with E-state index in [0.29, 0.717) is 45.1 Å². The second-order valence-electron chi connectivity index (χ2n) is 9.33. The Labute approximate surface area is 227 Å². The normalized spacial score (nSPS) is 18.9. The highest BCUT2D eigenvalue weighted by Crippen LogP contribution is 2.40. The lowest BCUT2D eigenvalue weighted by molar-refractivity contribution is -0.144. The van der Waals surface area contributed by atoms with E-state index in [2.05, 4.69) is 10.3 Å². The molecular formula is C28H23Cl2N3O5. The summed E-state index contributed by atoms with van der Waals surface area (Å²) in [5.74, 6) is -2.82. The Morgan fingerprint density at radius 2 is 1.76 bits per heavy atom. The molecule has 10 heteroatoms. The van der Waals surface area contributed by atoms with Gasteiger partial charge in [0.1, 0.15) is 17.9 Å². The molecule has 8 nitrogen and oxygen atoms in total. The lowest BCUT2D eigenvalue weighted by Crippen LogP contribution is -2.34. The minimum absolute atomic E-state index is 0.0822. The lowest BCUT2D eigenvalue weighted by atomic mass is 9.84. The van der Waals surface area contributed by atoms with Crippen molar-refractivity contribution in [2.45, 2.75) is 26.0 Å². The third kappa shape index (κ3) is 5.28. The van der Waals surface area contributed by atoms with Gasteiger partial charge in [0, 0.05) is 11.5 Å². The first-order valence-electron chi connectivity index (χ1n) is 12.1. The van der Waals surface area contributed by atoms with Crippen LogP contribution < -0.4 is 10.3 Å². The predicted octanol–water partition coefficient (Wildman–Crippen LogP) is 5.29. The maximum atomic E-state index is 13.3. The average molecular weight is 552 g/mol. The van der Waals surface area contributed by atoms with Crippen molar-refractivity contribution >= 4 is 45.9 Å². The molecule has 4 aromatic rings. The van der Waals surface area contributed by atoms with Gasteiger partial charge in [-0.2, -0.15) is 0 Å². The number of benzene rings is 3. The monoisotopic (exact) mass is 551 g/mol. The molecule has 1 aliphatic carbocycles. The number of aliphatic carboxylic acids is 1. The molecule has 1 fully saturated rings. The number of nitrogens with zero attached hydrogens (tertiary/aromatic N) is 3. The fourth-order valence-electron chi connectivity index (χ4n) is 5.04. The number of hydrogen-bond acceptors (Lipinski definition) is 6. The van der Waals surface area contributed by atoms with Crippen LogP contribution >= 0.6 is 23.2 Å². The van der Waals surface area contributed by atoms with Gasteiger partial charge in [-0.05, 0) is 72.9 Å². The van der Waals surface area contributed by atoms with E-state index in [4.69, 9.17) is 27.9 Å². The summed E-state index contributed by atoms with van der Waals surface area (Å²) in [4.78, 5) is 38.4. The third-order valence-corrected chi connectivity index (χ3v) is 7.72. The second kappa shape index (κ2) is 10.9. The van der Waals surface area contributed by atoms with Crippen LogP contribution in [0, 0.1) is 17.8 Å². The SMILES string of the molecule is O=C(c1ccc(OCc2ccc(Cl)c(Cl)c2)cc1)C1CCC(Cn2nnc3ccccc3c2=O)C1C(=O)O. The van der Waals surface area contributed by atoms with Crippen LogP contribution in [0.2, 0.25) is 10.0 Å². The van der Waals surface area contributed by atoms with Crippen LogP contribution in [0.25, 0.3) is 10.9 Å². The molecule has 5 rings (SSSR count). The van der Waals surface area contributed by atoms with E-state index in [1.54, 1.807) is 60.7 Å². The number of Topliss-reactive ketones (excluding diaryl/α,β-unsaturated/α-hetero) is 1. The molecule has 1 aromatic heterocycles. The zero-order valence-corrected chi connectivity index (χ0v) is 21.6. The molecular weight excluding hydrogens is 529 g/mol. The van der Waals surface area contributed by atoms with E-state index in [1.807, 2.05) is 6.07 Å². The van der Waals surface area contributed by atoms with E-state index in [1.165, 1.54) is 4.68 Å². The fourth-order valence-corrected chi connectivity index (χ4v) is 5.37. The molecule has 0 spiro atoms. The molecule has 0 bridgehead atoms. The van der Waals surface area contributed by atoms with Gasteiger partial charge in [0.05, 0.1) is 27.9 Å². The van der Waals surface area contributed by atoms with Crippen molar-refractivity contribution in [3.8, 4) is 5.75 Å². The number of hydrogen-bond donors (Lipinski definition) is 1. The zero-order chi connectivity index (χ0) is 26.8. The first-order chi connectivity index (χ1) is 18.3. The number of fused-ring (bicyclic) bond motifs is 1. The summed E-state index contributed by atoms with van der Waals surface area (Å²) >= 11 is 12.0. The Bertz CT molecular complexity index is 1570. The standard InChI is InChI=1S/C28H23Cl2N3O5/c29-22-12-5-16(13-23(22)30)15-38-19-9-6-17(7-10-19)26(34)21-11-8-18(25(21)28(36)37)14-33-27(35)20-3-1-2-4-24(20)31-32-33/h1-7,9-10,12-13,18,21,25H,8,11,14-15H2,(H,36,37). The fraction of sp³-hybridized carbons (Fsp3) is 0.250. The molecule has 1 aliphatic rings. The largest absolute Gasteiger partial charge is 0.489 e. The Balaban J connectivity index is 1.28. The second-order valence-corrected chi connectivity index (χ2v) is 10.1. The van der Waals surface area contributed by atoms with E-state index in [9.17, 15) is 19.5 Å². The Morgan fingerprint density at radius 3 is 2.50 bits per heavy atom. The predicted molar refractivity (Wildman–Crippen MR) is 143 cm³/mol. The molecule has 38 heavy (non-hydrogen) atoms. The van der Waals surface area contributed by atoms with Gasteiger partial charge in [0.15, 0.2) is 5.78 Å². The molecule has 0 aliphatic heterocycles. The Hall–Kier alpha value is -3.75. The highest BCUT2D eigenvalue weighted by atomic mass is 35.5. The van der Waals surface area contributed by atoms with Crippen molar-refractivity contribution in [2.75, 3.05) is 0 Å². The summed E-state index contributed by atoms with van der Waals surface area (Å²) in [5.41, 5.74) is 1.40. The molecule has 0 saturated heterocycles. The van der Waals surface area contributed by atoms with Crippen molar-refractivity contribution in [3.63, 3.8) is 0 Å². The summed E-state index contributed by atoms with van der Waals surface area (Å²) in [5, 5.41) is 19.4. The topological polar surface area (TPSA) is 111 Å². The quantitative estimate of drug-likeness (QED) is 0.296. The number of ketones is 1. The smallest absolute Gasteiger partial charge is 0.307 e. The van der Waals surface area contributed by atoms with Crippen LogP contribution in [0.3, 0.4) is 0 Å². The van der Waals surface area contributed by atoms with Crippen molar-refractivity contribution in [1.82, 2.24) is 15.0 Å². The van der Waals surface area contributed by atoms with Crippen molar-refractivity contribution in [1.29, 1.82) is 0 Å². The van der Waals surface area contributed by atoms with Gasteiger partial charge in [0.2, 0.25) is 0 Å². The number of carboxylic acid groups (broad SMARTS) is 1. The average Bonchev–Trinajstić information content (AvgIpc) is 3.35. The summed E-state index contributed by atoms with van der Waals surface area (Å²) in [7, 11) is 0. The molecule has 1 heterocycles. The van der Waals surface area contributed by atoms with Crippen LogP contribution in [-0.4, -0.2) is 31.9 Å². The van der Waals surface area contributed by atoms with Gasteiger partial charge in [-0.25, -0.2) is 4.68 Å². The van der Waals surface area contributed by atoms with Gasteiger partial charge < -0.3 is 9.84 Å². The molecule has 0 amide bonds. The Kier molecular flexibility index (Phi) is 7.44. The molecule has 0 radical (unpaired) electrons. The summed E-state index contributed by atoms with van der Waals surface area (Å²) in [6.45, 7) is 0.353. The van der Waals surface area contributed by atoms with Gasteiger partial charge in [-0.3, -0.25) is 14.4 Å². The lowest BCUT2D eigenvalue weighted by Gasteiger charge is -2.20. The highest BCUT2D eigenvalue weighted by molar-refractivity contribution is 6.42. The van der Waals surface area contributed by atoms with E-state index in [-0.39, 0.29) is 24.5 Å². The van der Waals surface area contributed by atoms with Crippen LogP contribution in [0.15, 0.2) is 71.5 Å². The first-order valence-corrected chi connectivity index (χ1v) is 12.8. The number of carboxylic acids is 1. The number of rotatable bonds is 8. The van der Waals surface area contributed by atoms with Gasteiger partial charge in [-0.15, -0.1) is 5.10 Å². The summed E-state index contributed by atoms with van der Waals surface area (Å²) < 4.78 is 6.98. The van der Waals surface area contributed by atoms with Crippen molar-refractivity contribution < 1.29 is 19.4 Å². The molecule has 194 valence electrons. The number of halogens is 2. The van der Waals surface area contributed by atoms with Crippen molar-refractivity contribution in [2.24, 2.45) is 17.8 Å². The number of ether oxygens (including phenoxy) is 1. The van der Waals surface area contributed by atoms with Crippen molar-refractivity contribution in [3.05, 3.63) is 98.3 Å². The zero-order valence-electron chi connectivity index (χ0n) is 20.1. The van der Waals surface area contributed by atoms with Crippen LogP contribution in [0.1, 0.15) is 28.8 Å². The number of carbonyl (C=O) groups excluding carboxylic acids is 1. The van der Waals surface area contributed by atoms with Crippen LogP contribution in [-0.2, 0) is 17.9 Å². The van der Waals surface area contributed by atoms with Gasteiger partial charge in [0.25, 0.3) is 5.56 Å². The number of aromatic nitrogens is 3. The highest BCUT2D eigenvalue weighted by Gasteiger charge is 2.45. The third-order valence-electron chi connectivity index (χ3n) is 6.98. The summed E-state index contributed by atoms with van der Waals surface area (Å²) in [6, 6.07) is 18.7. The molecule has 3 unspecified atom stereocenters. The summed E-state index contributed by atoms with van der Waals surface area (Å²) in [6.07, 6.45) is 0.894. The molecule has 1 N–H and O–H groups in total. The Morgan fingerprint density at radius 1 is 1.00 bits per heavy atom. The molecule has 1 saturated carbocycles.